The first-order valence-electron chi connectivity index (χ1n) is 5.88. The molecule has 0 aliphatic heterocycles. The van der Waals surface area contributed by atoms with Crippen LogP contribution in [0.5, 0.6) is 0 Å². The minimum atomic E-state index is -0.627. The van der Waals surface area contributed by atoms with Crippen molar-refractivity contribution in [2.45, 2.75) is 13.0 Å². The van der Waals surface area contributed by atoms with Gasteiger partial charge in [0.2, 0.25) is 0 Å². The van der Waals surface area contributed by atoms with Crippen LogP contribution in [0.2, 0.25) is 5.02 Å². The Balaban J connectivity index is 2.26. The lowest BCUT2D eigenvalue weighted by atomic mass is 10.1. The lowest BCUT2D eigenvalue weighted by Crippen LogP contribution is -2.09. The minimum absolute atomic E-state index is 0.318. The normalized spacial score (nSPS) is 11.8. The molecule has 0 aliphatic carbocycles. The predicted octanol–water partition coefficient (Wildman–Crippen LogP) is 5.23. The standard InChI is InChI=1S/C15H11BrClFN2/c1-9-2-3-10(6-14(9)18)15(8-19)20-11-4-5-13(17)12(16)7-11/h2-7,15,20H,1H3. The Morgan fingerprint density at radius 2 is 2.05 bits per heavy atom. The topological polar surface area (TPSA) is 35.8 Å². The molecule has 0 heterocycles. The number of halogens is 3. The largest absolute Gasteiger partial charge is 0.366 e. The molecule has 0 aromatic heterocycles. The first kappa shape index (κ1) is 14.8. The van der Waals surface area contributed by atoms with Crippen LogP contribution >= 0.6 is 27.5 Å². The number of hydrogen-bond donors (Lipinski definition) is 1. The highest BCUT2D eigenvalue weighted by Gasteiger charge is 2.12. The SMILES string of the molecule is Cc1ccc(C(C#N)Nc2ccc(Cl)c(Br)c2)cc1F. The average molecular weight is 354 g/mol. The van der Waals surface area contributed by atoms with Crippen molar-refractivity contribution in [2.75, 3.05) is 5.32 Å². The van der Waals surface area contributed by atoms with Crippen molar-refractivity contribution in [1.82, 2.24) is 0 Å². The van der Waals surface area contributed by atoms with E-state index in [-0.39, 0.29) is 5.82 Å². The second-order valence-electron chi connectivity index (χ2n) is 4.34. The van der Waals surface area contributed by atoms with Crippen molar-refractivity contribution < 1.29 is 4.39 Å². The van der Waals surface area contributed by atoms with Crippen molar-refractivity contribution in [1.29, 1.82) is 5.26 Å². The number of anilines is 1. The molecule has 0 spiro atoms. The van der Waals surface area contributed by atoms with Gasteiger partial charge in [-0.05, 0) is 58.2 Å². The van der Waals surface area contributed by atoms with Gasteiger partial charge in [0.1, 0.15) is 11.9 Å². The molecular formula is C15H11BrClFN2. The van der Waals surface area contributed by atoms with Crippen LogP contribution in [0.1, 0.15) is 17.2 Å². The number of nitrogens with one attached hydrogen (secondary N) is 1. The second kappa shape index (κ2) is 6.25. The van der Waals surface area contributed by atoms with Crippen molar-refractivity contribution in [3.8, 4) is 6.07 Å². The van der Waals surface area contributed by atoms with Crippen LogP contribution in [0.4, 0.5) is 10.1 Å². The molecule has 0 fully saturated rings. The molecule has 0 bridgehead atoms. The quantitative estimate of drug-likeness (QED) is 0.820. The highest BCUT2D eigenvalue weighted by Crippen LogP contribution is 2.28. The highest BCUT2D eigenvalue weighted by molar-refractivity contribution is 9.10. The second-order valence-corrected chi connectivity index (χ2v) is 5.61. The summed E-state index contributed by atoms with van der Waals surface area (Å²) < 4.78 is 14.3. The zero-order chi connectivity index (χ0) is 14.7. The monoisotopic (exact) mass is 352 g/mol. The highest BCUT2D eigenvalue weighted by atomic mass is 79.9. The van der Waals surface area contributed by atoms with Crippen LogP contribution in [-0.2, 0) is 0 Å². The summed E-state index contributed by atoms with van der Waals surface area (Å²) in [4.78, 5) is 0. The smallest absolute Gasteiger partial charge is 0.140 e. The molecule has 2 aromatic carbocycles. The molecule has 1 atom stereocenters. The van der Waals surface area contributed by atoms with Gasteiger partial charge < -0.3 is 5.32 Å². The lowest BCUT2D eigenvalue weighted by Gasteiger charge is -2.14. The molecule has 2 aromatic rings. The van der Waals surface area contributed by atoms with E-state index in [1.807, 2.05) is 0 Å². The third kappa shape index (κ3) is 3.30. The van der Waals surface area contributed by atoms with Crippen LogP contribution in [-0.4, -0.2) is 0 Å². The lowest BCUT2D eigenvalue weighted by molar-refractivity contribution is 0.615. The minimum Gasteiger partial charge on any atom is -0.366 e. The number of nitriles is 1. The molecule has 2 nitrogen and oxygen atoms in total. The molecule has 0 saturated carbocycles. The molecule has 1 unspecified atom stereocenters. The molecule has 1 N–H and O–H groups in total. The van der Waals surface area contributed by atoms with Crippen LogP contribution in [0.3, 0.4) is 0 Å². The first-order chi connectivity index (χ1) is 9.51. The van der Waals surface area contributed by atoms with Gasteiger partial charge in [0.05, 0.1) is 11.1 Å². The maximum atomic E-state index is 13.6. The predicted molar refractivity (Wildman–Crippen MR) is 82.3 cm³/mol. The van der Waals surface area contributed by atoms with E-state index < -0.39 is 6.04 Å². The van der Waals surface area contributed by atoms with E-state index in [2.05, 4.69) is 27.3 Å². The maximum absolute atomic E-state index is 13.6. The Labute approximate surface area is 130 Å². The van der Waals surface area contributed by atoms with E-state index in [1.165, 1.54) is 6.07 Å². The third-order valence-electron chi connectivity index (χ3n) is 2.89. The zero-order valence-corrected chi connectivity index (χ0v) is 13.0. The summed E-state index contributed by atoms with van der Waals surface area (Å²) in [6, 6.07) is 11.5. The number of hydrogen-bond acceptors (Lipinski definition) is 2. The number of rotatable bonds is 3. The van der Waals surface area contributed by atoms with E-state index in [4.69, 9.17) is 11.6 Å². The Hall–Kier alpha value is -1.57. The summed E-state index contributed by atoms with van der Waals surface area (Å²) in [7, 11) is 0. The summed E-state index contributed by atoms with van der Waals surface area (Å²) in [6.07, 6.45) is 0. The molecule has 0 saturated heterocycles. The fourth-order valence-corrected chi connectivity index (χ4v) is 2.23. The number of aryl methyl sites for hydroxylation is 1. The van der Waals surface area contributed by atoms with Gasteiger partial charge in [-0.2, -0.15) is 5.26 Å². The van der Waals surface area contributed by atoms with Gasteiger partial charge in [-0.15, -0.1) is 0 Å². The van der Waals surface area contributed by atoms with E-state index in [9.17, 15) is 9.65 Å². The van der Waals surface area contributed by atoms with Gasteiger partial charge in [0.25, 0.3) is 0 Å². The zero-order valence-electron chi connectivity index (χ0n) is 10.6. The van der Waals surface area contributed by atoms with Crippen molar-refractivity contribution in [3.05, 3.63) is 62.8 Å². The maximum Gasteiger partial charge on any atom is 0.140 e. The molecule has 2 rings (SSSR count). The van der Waals surface area contributed by atoms with Crippen LogP contribution in [0.15, 0.2) is 40.9 Å². The number of nitrogens with zero attached hydrogens (tertiary/aromatic N) is 1. The van der Waals surface area contributed by atoms with E-state index >= 15 is 0 Å². The van der Waals surface area contributed by atoms with Crippen LogP contribution in [0.25, 0.3) is 0 Å². The van der Waals surface area contributed by atoms with Gasteiger partial charge in [-0.25, -0.2) is 4.39 Å². The fraction of sp³-hybridized carbons (Fsp3) is 0.133. The first-order valence-corrected chi connectivity index (χ1v) is 7.05. The Morgan fingerprint density at radius 3 is 2.65 bits per heavy atom. The molecule has 5 heteroatoms. The molecule has 102 valence electrons. The summed E-state index contributed by atoms with van der Waals surface area (Å²) in [5.41, 5.74) is 1.87. The number of benzene rings is 2. The average Bonchev–Trinajstić information content (AvgIpc) is 2.43. The molecule has 0 aliphatic rings. The molecule has 0 amide bonds. The van der Waals surface area contributed by atoms with Crippen molar-refractivity contribution in [2.24, 2.45) is 0 Å². The van der Waals surface area contributed by atoms with E-state index in [1.54, 1.807) is 37.3 Å². The van der Waals surface area contributed by atoms with Crippen molar-refractivity contribution in [3.63, 3.8) is 0 Å². The Morgan fingerprint density at radius 1 is 1.30 bits per heavy atom. The summed E-state index contributed by atoms with van der Waals surface area (Å²) in [6.45, 7) is 1.68. The molecule has 20 heavy (non-hydrogen) atoms. The Kier molecular flexibility index (Phi) is 4.64. The molecular weight excluding hydrogens is 343 g/mol. The van der Waals surface area contributed by atoms with E-state index in [0.717, 1.165) is 10.2 Å². The third-order valence-corrected chi connectivity index (χ3v) is 4.10. The molecule has 0 radical (unpaired) electrons. The van der Waals surface area contributed by atoms with Crippen LogP contribution in [0, 0.1) is 24.1 Å². The van der Waals surface area contributed by atoms with Gasteiger partial charge in [0, 0.05) is 10.2 Å². The summed E-state index contributed by atoms with van der Waals surface area (Å²) >= 11 is 9.24. The fourth-order valence-electron chi connectivity index (χ4n) is 1.73. The van der Waals surface area contributed by atoms with Gasteiger partial charge in [0.15, 0.2) is 0 Å². The van der Waals surface area contributed by atoms with Gasteiger partial charge >= 0.3 is 0 Å². The van der Waals surface area contributed by atoms with Gasteiger partial charge in [-0.3, -0.25) is 0 Å². The summed E-state index contributed by atoms with van der Waals surface area (Å²) in [5.74, 6) is -0.318. The Bertz CT molecular complexity index is 682. The van der Waals surface area contributed by atoms with Gasteiger partial charge in [-0.1, -0.05) is 23.7 Å². The van der Waals surface area contributed by atoms with Crippen molar-refractivity contribution >= 4 is 33.2 Å². The van der Waals surface area contributed by atoms with Crippen LogP contribution < -0.4 is 5.32 Å². The summed E-state index contributed by atoms with van der Waals surface area (Å²) in [5, 5.41) is 12.9. The van der Waals surface area contributed by atoms with E-state index in [0.29, 0.717) is 16.1 Å².